The number of methoxy groups -OCH3 is 1. The summed E-state index contributed by atoms with van der Waals surface area (Å²) in [4.78, 5) is 21.4. The Morgan fingerprint density at radius 2 is 2.08 bits per heavy atom. The van der Waals surface area contributed by atoms with E-state index in [-0.39, 0.29) is 12.2 Å². The van der Waals surface area contributed by atoms with E-state index in [0.29, 0.717) is 17.2 Å². The number of nitrogens with one attached hydrogen (secondary N) is 1. The number of hydrogen-bond donors (Lipinski definition) is 2. The Balaban J connectivity index is 1.68. The zero-order chi connectivity index (χ0) is 18.3. The van der Waals surface area contributed by atoms with Crippen LogP contribution in [-0.2, 0) is 6.54 Å². The average Bonchev–Trinajstić information content (AvgIpc) is 3.46. The largest absolute Gasteiger partial charge is 0.497 e. The van der Waals surface area contributed by atoms with Gasteiger partial charge >= 0.3 is 5.69 Å². The molecule has 0 bridgehead atoms. The molecule has 0 aliphatic heterocycles. The number of pyridine rings is 1. The van der Waals surface area contributed by atoms with Crippen molar-refractivity contribution in [1.82, 2.24) is 19.4 Å². The molecule has 7 heteroatoms. The molecule has 4 rings (SSSR count). The average molecular weight is 354 g/mol. The predicted molar refractivity (Wildman–Crippen MR) is 99.1 cm³/mol. The van der Waals surface area contributed by atoms with E-state index in [4.69, 9.17) is 4.74 Å². The number of fused-ring (bicyclic) bond motifs is 1. The maximum Gasteiger partial charge on any atom is 0.327 e. The number of benzene rings is 1. The smallest absolute Gasteiger partial charge is 0.327 e. The molecule has 1 aromatic carbocycles. The number of H-pyrrole nitrogens is 1. The minimum atomic E-state index is -0.705. The Morgan fingerprint density at radius 1 is 1.35 bits per heavy atom. The third kappa shape index (κ3) is 3.11. The van der Waals surface area contributed by atoms with E-state index in [0.717, 1.165) is 29.7 Å². The molecule has 136 valence electrons. The normalized spacial score (nSPS) is 15.5. The van der Waals surface area contributed by atoms with Crippen molar-refractivity contribution in [1.29, 1.82) is 0 Å². The van der Waals surface area contributed by atoms with Crippen molar-refractivity contribution in [3.63, 3.8) is 0 Å². The van der Waals surface area contributed by atoms with Gasteiger partial charge in [-0.25, -0.2) is 9.78 Å². The number of rotatable bonds is 6. The van der Waals surface area contributed by atoms with Crippen LogP contribution in [0.1, 0.15) is 12.8 Å². The molecular weight excluding hydrogens is 332 g/mol. The molecule has 3 aromatic rings. The van der Waals surface area contributed by atoms with Crippen molar-refractivity contribution in [2.45, 2.75) is 31.7 Å². The molecule has 2 heterocycles. The third-order valence-electron chi connectivity index (χ3n) is 4.99. The lowest BCUT2D eigenvalue weighted by molar-refractivity contribution is 0.00377. The molecule has 0 amide bonds. The van der Waals surface area contributed by atoms with Crippen LogP contribution in [0.25, 0.3) is 22.3 Å². The first-order valence-corrected chi connectivity index (χ1v) is 8.70. The first-order valence-electron chi connectivity index (χ1n) is 8.70. The van der Waals surface area contributed by atoms with Gasteiger partial charge in [-0.15, -0.1) is 0 Å². The zero-order valence-electron chi connectivity index (χ0n) is 14.8. The number of aromatic nitrogens is 3. The maximum atomic E-state index is 12.3. The number of imidazole rings is 1. The van der Waals surface area contributed by atoms with Gasteiger partial charge in [0.25, 0.3) is 0 Å². The lowest BCUT2D eigenvalue weighted by Gasteiger charge is -2.23. The number of hydrogen-bond acceptors (Lipinski definition) is 5. The Labute approximate surface area is 150 Å². The van der Waals surface area contributed by atoms with E-state index in [1.54, 1.807) is 17.9 Å². The minimum absolute atomic E-state index is 0.208. The summed E-state index contributed by atoms with van der Waals surface area (Å²) < 4.78 is 6.74. The molecule has 0 saturated heterocycles. The van der Waals surface area contributed by atoms with Crippen LogP contribution in [0.5, 0.6) is 5.75 Å². The number of ether oxygens (including phenoxy) is 1. The van der Waals surface area contributed by atoms with Crippen molar-refractivity contribution < 1.29 is 9.84 Å². The molecule has 0 radical (unpaired) electrons. The number of likely N-dealkylation sites (N-methyl/N-ethyl adjacent to an activating group) is 1. The van der Waals surface area contributed by atoms with Crippen LogP contribution in [0.4, 0.5) is 0 Å². The second kappa shape index (κ2) is 6.59. The molecule has 1 saturated carbocycles. The monoisotopic (exact) mass is 354 g/mol. The van der Waals surface area contributed by atoms with E-state index in [2.05, 4.69) is 9.97 Å². The molecule has 1 unspecified atom stereocenters. The lowest BCUT2D eigenvalue weighted by atomic mass is 10.1. The van der Waals surface area contributed by atoms with Crippen LogP contribution >= 0.6 is 0 Å². The fourth-order valence-electron chi connectivity index (χ4n) is 3.17. The summed E-state index contributed by atoms with van der Waals surface area (Å²) in [5, 5.41) is 10.4. The Morgan fingerprint density at radius 3 is 2.73 bits per heavy atom. The van der Waals surface area contributed by atoms with Gasteiger partial charge in [0.15, 0.2) is 5.65 Å². The summed E-state index contributed by atoms with van der Waals surface area (Å²) in [7, 11) is 3.52. The predicted octanol–water partition coefficient (Wildman–Crippen LogP) is 1.81. The highest BCUT2D eigenvalue weighted by atomic mass is 16.5. The van der Waals surface area contributed by atoms with E-state index in [9.17, 15) is 9.90 Å². The van der Waals surface area contributed by atoms with Crippen molar-refractivity contribution in [3.8, 4) is 16.9 Å². The van der Waals surface area contributed by atoms with Crippen LogP contribution in [-0.4, -0.2) is 51.0 Å². The summed E-state index contributed by atoms with van der Waals surface area (Å²) in [6.45, 7) is 0.208. The molecule has 1 aliphatic rings. The number of nitrogens with zero attached hydrogens (tertiary/aromatic N) is 3. The molecule has 0 spiro atoms. The summed E-state index contributed by atoms with van der Waals surface area (Å²) in [5.41, 5.74) is 2.83. The van der Waals surface area contributed by atoms with Gasteiger partial charge in [0.05, 0.1) is 19.2 Å². The van der Waals surface area contributed by atoms with Crippen LogP contribution < -0.4 is 10.4 Å². The molecule has 1 aliphatic carbocycles. The molecule has 7 nitrogen and oxygen atoms in total. The highest BCUT2D eigenvalue weighted by molar-refractivity contribution is 5.78. The lowest BCUT2D eigenvalue weighted by Crippen LogP contribution is -2.38. The van der Waals surface area contributed by atoms with Crippen LogP contribution in [0.3, 0.4) is 0 Å². The van der Waals surface area contributed by atoms with Gasteiger partial charge in [0, 0.05) is 17.8 Å². The standard InChI is InChI=1S/C19H22N4O3/c1-22(14-5-6-14)17(24)11-23-16-9-13(10-20-18(16)21-19(23)25)12-3-7-15(26-2)8-4-12/h3-4,7-10,14,17,24H,5-6,11H2,1-2H3,(H,20,21,25). The van der Waals surface area contributed by atoms with Gasteiger partial charge in [0.2, 0.25) is 0 Å². The van der Waals surface area contributed by atoms with Gasteiger partial charge in [-0.2, -0.15) is 0 Å². The quantitative estimate of drug-likeness (QED) is 0.660. The van der Waals surface area contributed by atoms with Gasteiger partial charge in [-0.1, -0.05) is 12.1 Å². The number of aromatic amines is 1. The Bertz CT molecular complexity index is 973. The van der Waals surface area contributed by atoms with Crippen LogP contribution in [0.15, 0.2) is 41.3 Å². The van der Waals surface area contributed by atoms with Crippen LogP contribution in [0, 0.1) is 0 Å². The second-order valence-electron chi connectivity index (χ2n) is 6.74. The van der Waals surface area contributed by atoms with Crippen molar-refractivity contribution in [2.75, 3.05) is 14.2 Å². The molecule has 2 aromatic heterocycles. The summed E-state index contributed by atoms with van der Waals surface area (Å²) >= 11 is 0. The van der Waals surface area contributed by atoms with Crippen molar-refractivity contribution in [3.05, 3.63) is 47.0 Å². The maximum absolute atomic E-state index is 12.3. The van der Waals surface area contributed by atoms with Crippen molar-refractivity contribution >= 4 is 11.2 Å². The highest BCUT2D eigenvalue weighted by Crippen LogP contribution is 2.27. The Kier molecular flexibility index (Phi) is 4.26. The molecule has 26 heavy (non-hydrogen) atoms. The van der Waals surface area contributed by atoms with Gasteiger partial charge in [-0.3, -0.25) is 14.5 Å². The fourth-order valence-corrected chi connectivity index (χ4v) is 3.17. The number of aliphatic hydroxyl groups is 1. The third-order valence-corrected chi connectivity index (χ3v) is 4.99. The SMILES string of the molecule is COc1ccc(-c2cnc3[nH]c(=O)n(CC(O)N(C)C4CC4)c3c2)cc1. The molecule has 1 atom stereocenters. The van der Waals surface area contributed by atoms with Crippen LogP contribution in [0.2, 0.25) is 0 Å². The van der Waals surface area contributed by atoms with Gasteiger partial charge in [0.1, 0.15) is 12.0 Å². The second-order valence-corrected chi connectivity index (χ2v) is 6.74. The molecule has 2 N–H and O–H groups in total. The van der Waals surface area contributed by atoms with E-state index in [1.807, 2.05) is 42.3 Å². The number of aliphatic hydroxyl groups excluding tert-OH is 1. The minimum Gasteiger partial charge on any atom is -0.497 e. The first-order chi connectivity index (χ1) is 12.6. The van der Waals surface area contributed by atoms with E-state index >= 15 is 0 Å². The molecular formula is C19H22N4O3. The fraction of sp³-hybridized carbons (Fsp3) is 0.368. The summed E-state index contributed by atoms with van der Waals surface area (Å²) in [6, 6.07) is 10.0. The van der Waals surface area contributed by atoms with Gasteiger partial charge < -0.3 is 9.84 Å². The van der Waals surface area contributed by atoms with E-state index < -0.39 is 6.23 Å². The first kappa shape index (κ1) is 16.8. The molecule has 1 fully saturated rings. The topological polar surface area (TPSA) is 83.4 Å². The Hall–Kier alpha value is -2.64. The van der Waals surface area contributed by atoms with Gasteiger partial charge in [-0.05, 0) is 43.7 Å². The van der Waals surface area contributed by atoms with Crippen molar-refractivity contribution in [2.24, 2.45) is 0 Å². The van der Waals surface area contributed by atoms with E-state index in [1.165, 1.54) is 0 Å². The zero-order valence-corrected chi connectivity index (χ0v) is 14.8. The highest BCUT2D eigenvalue weighted by Gasteiger charge is 2.30. The summed E-state index contributed by atoms with van der Waals surface area (Å²) in [6.07, 6.45) is 3.22. The summed E-state index contributed by atoms with van der Waals surface area (Å²) in [5.74, 6) is 0.785.